The predicted molar refractivity (Wildman–Crippen MR) is 134 cm³/mol. The average molecular weight is 410 g/mol. The highest BCUT2D eigenvalue weighted by molar-refractivity contribution is 6.88. The van der Waals surface area contributed by atoms with Gasteiger partial charge in [-0.05, 0) is 34.2 Å². The summed E-state index contributed by atoms with van der Waals surface area (Å²) < 4.78 is 0. The second-order valence-electron chi connectivity index (χ2n) is 10.2. The first kappa shape index (κ1) is 20.6. The Kier molecular flexibility index (Phi) is 5.15. The van der Waals surface area contributed by atoms with Crippen LogP contribution in [0.1, 0.15) is 26.3 Å². The number of nitrogens with zero attached hydrogens (tertiary/aromatic N) is 1. The number of fused-ring (bicyclic) bond motifs is 1. The molecule has 3 aromatic carbocycles. The van der Waals surface area contributed by atoms with Crippen LogP contribution in [0, 0.1) is 0 Å². The van der Waals surface area contributed by atoms with Gasteiger partial charge in [-0.25, -0.2) is 4.98 Å². The molecule has 2 heteroatoms. The van der Waals surface area contributed by atoms with Crippen LogP contribution in [-0.2, 0) is 5.41 Å². The fourth-order valence-electron chi connectivity index (χ4n) is 3.84. The average Bonchev–Trinajstić information content (AvgIpc) is 2.72. The first-order chi connectivity index (χ1) is 14.1. The monoisotopic (exact) mass is 409 g/mol. The van der Waals surface area contributed by atoms with E-state index >= 15 is 0 Å². The number of hydrogen-bond donors (Lipinski definition) is 0. The van der Waals surface area contributed by atoms with Gasteiger partial charge in [-0.1, -0.05) is 112 Å². The van der Waals surface area contributed by atoms with E-state index < -0.39 is 8.07 Å². The molecule has 4 rings (SSSR count). The van der Waals surface area contributed by atoms with Gasteiger partial charge in [-0.2, -0.15) is 0 Å². The van der Waals surface area contributed by atoms with Crippen molar-refractivity contribution in [1.29, 1.82) is 0 Å². The molecular formula is C28H31NSi. The third kappa shape index (κ3) is 4.10. The molecule has 152 valence electrons. The third-order valence-corrected chi connectivity index (χ3v) is 7.85. The van der Waals surface area contributed by atoms with Crippen LogP contribution in [0.2, 0.25) is 19.6 Å². The van der Waals surface area contributed by atoms with E-state index in [1.54, 1.807) is 0 Å². The number of hydrogen-bond acceptors (Lipinski definition) is 1. The van der Waals surface area contributed by atoms with Gasteiger partial charge in [-0.15, -0.1) is 0 Å². The van der Waals surface area contributed by atoms with E-state index in [1.165, 1.54) is 27.3 Å². The molecule has 0 N–H and O–H groups in total. The first-order valence-corrected chi connectivity index (χ1v) is 14.2. The lowest BCUT2D eigenvalue weighted by molar-refractivity contribution is 0.590. The van der Waals surface area contributed by atoms with Crippen molar-refractivity contribution in [1.82, 2.24) is 4.98 Å². The van der Waals surface area contributed by atoms with Crippen molar-refractivity contribution in [2.45, 2.75) is 45.8 Å². The Labute approximate surface area is 181 Å². The van der Waals surface area contributed by atoms with Gasteiger partial charge >= 0.3 is 0 Å². The molecule has 30 heavy (non-hydrogen) atoms. The molecule has 0 amide bonds. The minimum absolute atomic E-state index is 0.151. The number of pyridine rings is 1. The number of rotatable bonds is 3. The van der Waals surface area contributed by atoms with E-state index in [9.17, 15) is 0 Å². The molecule has 1 nitrogen and oxygen atoms in total. The van der Waals surface area contributed by atoms with Gasteiger partial charge in [0.05, 0.1) is 19.3 Å². The summed E-state index contributed by atoms with van der Waals surface area (Å²) in [4.78, 5) is 5.06. The summed E-state index contributed by atoms with van der Waals surface area (Å²) in [7, 11) is -1.40. The second kappa shape index (κ2) is 7.52. The first-order valence-electron chi connectivity index (χ1n) is 10.7. The molecule has 0 radical (unpaired) electrons. The smallest absolute Gasteiger partial charge is 0.0776 e. The minimum Gasteiger partial charge on any atom is -0.248 e. The van der Waals surface area contributed by atoms with Crippen molar-refractivity contribution in [3.8, 4) is 22.4 Å². The Morgan fingerprint density at radius 2 is 1.37 bits per heavy atom. The summed E-state index contributed by atoms with van der Waals surface area (Å²) in [5, 5.41) is 2.72. The molecule has 0 spiro atoms. The van der Waals surface area contributed by atoms with Crippen LogP contribution >= 0.6 is 0 Å². The van der Waals surface area contributed by atoms with E-state index in [0.717, 1.165) is 16.8 Å². The Hall–Kier alpha value is -2.71. The Bertz CT molecular complexity index is 1180. The van der Waals surface area contributed by atoms with Crippen molar-refractivity contribution in [3.05, 3.63) is 84.4 Å². The van der Waals surface area contributed by atoms with Crippen LogP contribution in [0.5, 0.6) is 0 Å². The molecular weight excluding hydrogens is 378 g/mol. The van der Waals surface area contributed by atoms with Crippen molar-refractivity contribution in [2.75, 3.05) is 0 Å². The molecule has 0 aliphatic carbocycles. The van der Waals surface area contributed by atoms with Gasteiger partial charge in [-0.3, -0.25) is 0 Å². The summed E-state index contributed by atoms with van der Waals surface area (Å²) in [6.07, 6.45) is 0. The van der Waals surface area contributed by atoms with Gasteiger partial charge in [0.25, 0.3) is 0 Å². The zero-order valence-electron chi connectivity index (χ0n) is 19.0. The summed E-state index contributed by atoms with van der Waals surface area (Å²) in [6, 6.07) is 28.7. The highest BCUT2D eigenvalue weighted by Crippen LogP contribution is 2.33. The van der Waals surface area contributed by atoms with Crippen molar-refractivity contribution in [2.24, 2.45) is 0 Å². The highest BCUT2D eigenvalue weighted by Gasteiger charge is 2.19. The quantitative estimate of drug-likeness (QED) is 0.321. The summed E-state index contributed by atoms with van der Waals surface area (Å²) in [6.45, 7) is 13.9. The molecule has 0 saturated carbocycles. The molecule has 1 aromatic heterocycles. The van der Waals surface area contributed by atoms with Gasteiger partial charge in [0.15, 0.2) is 0 Å². The van der Waals surface area contributed by atoms with E-state index in [-0.39, 0.29) is 5.41 Å². The van der Waals surface area contributed by atoms with Crippen molar-refractivity contribution >= 4 is 24.2 Å². The predicted octanol–water partition coefficient (Wildman–Crippen LogP) is 7.41. The molecule has 1 heterocycles. The fraction of sp³-hybridized carbons (Fsp3) is 0.250. The van der Waals surface area contributed by atoms with Gasteiger partial charge in [0.2, 0.25) is 0 Å². The van der Waals surface area contributed by atoms with Crippen LogP contribution in [0.25, 0.3) is 33.3 Å². The van der Waals surface area contributed by atoms with Crippen LogP contribution in [0.4, 0.5) is 0 Å². The summed E-state index contributed by atoms with van der Waals surface area (Å²) >= 11 is 0. The molecule has 0 unspecified atom stereocenters. The molecule has 0 aliphatic heterocycles. The maximum atomic E-state index is 5.06. The van der Waals surface area contributed by atoms with Crippen LogP contribution in [0.15, 0.2) is 78.9 Å². The van der Waals surface area contributed by atoms with E-state index in [1.807, 2.05) is 0 Å². The number of aromatic nitrogens is 1. The molecule has 0 saturated heterocycles. The van der Waals surface area contributed by atoms with Crippen LogP contribution in [0.3, 0.4) is 0 Å². The van der Waals surface area contributed by atoms with Crippen LogP contribution in [-0.4, -0.2) is 13.1 Å². The lowest BCUT2D eigenvalue weighted by Gasteiger charge is -2.20. The standard InChI is InChI=1S/C28H31NSi/c1-28(2,3)22-14-12-21(13-15-22)27-19-24(20-10-8-7-9-11-20)25-18-23(30(4,5)6)16-17-26(25)29-27/h7-19H,1-6H3. The Morgan fingerprint density at radius 3 is 1.97 bits per heavy atom. The van der Waals surface area contributed by atoms with Crippen LogP contribution < -0.4 is 5.19 Å². The van der Waals surface area contributed by atoms with Crippen molar-refractivity contribution in [3.63, 3.8) is 0 Å². The van der Waals surface area contributed by atoms with Gasteiger partial charge < -0.3 is 0 Å². The lowest BCUT2D eigenvalue weighted by Crippen LogP contribution is -2.37. The second-order valence-corrected chi connectivity index (χ2v) is 15.3. The van der Waals surface area contributed by atoms with E-state index in [2.05, 4.69) is 119 Å². The largest absolute Gasteiger partial charge is 0.248 e. The maximum absolute atomic E-state index is 5.06. The zero-order valence-corrected chi connectivity index (χ0v) is 20.0. The third-order valence-electron chi connectivity index (χ3n) is 5.81. The maximum Gasteiger partial charge on any atom is 0.0776 e. The SMILES string of the molecule is CC(C)(C)c1ccc(-c2cc(-c3ccccc3)c3cc([Si](C)(C)C)ccc3n2)cc1. The highest BCUT2D eigenvalue weighted by atomic mass is 28.3. The Morgan fingerprint density at radius 1 is 0.700 bits per heavy atom. The molecule has 0 aliphatic rings. The normalized spacial score (nSPS) is 12.3. The molecule has 0 atom stereocenters. The number of benzene rings is 3. The van der Waals surface area contributed by atoms with Gasteiger partial charge in [0.1, 0.15) is 0 Å². The summed E-state index contributed by atoms with van der Waals surface area (Å²) in [5.74, 6) is 0. The summed E-state index contributed by atoms with van der Waals surface area (Å²) in [5.41, 5.74) is 7.25. The van der Waals surface area contributed by atoms with E-state index in [4.69, 9.17) is 4.98 Å². The van der Waals surface area contributed by atoms with Gasteiger partial charge in [0, 0.05) is 10.9 Å². The zero-order chi connectivity index (χ0) is 21.5. The minimum atomic E-state index is -1.40. The molecule has 0 fully saturated rings. The molecule has 4 aromatic rings. The Balaban J connectivity index is 1.93. The fourth-order valence-corrected chi connectivity index (χ4v) is 5.00. The molecule has 0 bridgehead atoms. The van der Waals surface area contributed by atoms with E-state index in [0.29, 0.717) is 0 Å². The topological polar surface area (TPSA) is 12.9 Å². The van der Waals surface area contributed by atoms with Crippen molar-refractivity contribution < 1.29 is 0 Å². The lowest BCUT2D eigenvalue weighted by atomic mass is 9.86.